The van der Waals surface area contributed by atoms with E-state index in [1.807, 2.05) is 0 Å². The summed E-state index contributed by atoms with van der Waals surface area (Å²) < 4.78 is 19.3. The monoisotopic (exact) mass is 782 g/mol. The zero-order valence-electron chi connectivity index (χ0n) is 19.8. The maximum atomic E-state index is 4.79. The van der Waals surface area contributed by atoms with Crippen LogP contribution >= 0.6 is 48.9 Å². The van der Waals surface area contributed by atoms with Crippen molar-refractivity contribution < 1.29 is 40.0 Å². The van der Waals surface area contributed by atoms with Gasteiger partial charge in [-0.3, -0.25) is 19.9 Å². The smallest absolute Gasteiger partial charge is 0.458 e. The van der Waals surface area contributed by atoms with Gasteiger partial charge in [-0.05, 0) is 0 Å². The third kappa shape index (κ3) is 22.8. The molecule has 4 rings (SSSR count). The van der Waals surface area contributed by atoms with Gasteiger partial charge in [-0.25, -0.2) is 19.9 Å². The van der Waals surface area contributed by atoms with Crippen molar-refractivity contribution in [3.63, 3.8) is 0 Å². The first-order valence-electron chi connectivity index (χ1n) is 9.75. The number of hydrogen-bond acceptors (Lipinski definition) is 20. The van der Waals surface area contributed by atoms with Gasteiger partial charge in [0.1, 0.15) is 0 Å². The molecule has 0 saturated carbocycles. The van der Waals surface area contributed by atoms with E-state index in [1.54, 1.807) is 24.8 Å². The summed E-state index contributed by atoms with van der Waals surface area (Å²) in [5.41, 5.74) is 0. The van der Waals surface area contributed by atoms with E-state index in [4.69, 9.17) is 18.9 Å². The van der Waals surface area contributed by atoms with Gasteiger partial charge in [0.2, 0.25) is 23.5 Å². The number of ether oxygens (including phenoxy) is 4. The zero-order valence-corrected chi connectivity index (χ0v) is 28.4. The third-order valence-electron chi connectivity index (χ3n) is 2.91. The van der Waals surface area contributed by atoms with Crippen LogP contribution in [0.1, 0.15) is 0 Å². The molecule has 4 aromatic heterocycles. The molecule has 0 aliphatic rings. The summed E-state index contributed by atoms with van der Waals surface area (Å²) >= 11 is 36.0. The first-order chi connectivity index (χ1) is 19.2. The molecule has 0 spiro atoms. The Hall–Kier alpha value is -2.55. The summed E-state index contributed by atoms with van der Waals surface area (Å²) in [6.07, 6.45) is 17.9. The Labute approximate surface area is 292 Å². The van der Waals surface area contributed by atoms with Crippen molar-refractivity contribution in [1.82, 2.24) is 39.9 Å². The topological polar surface area (TPSA) is 140 Å². The fourth-order valence-corrected chi connectivity index (χ4v) is 2.38. The van der Waals surface area contributed by atoms with Crippen molar-refractivity contribution in [1.29, 1.82) is 0 Å². The molecule has 0 aliphatic carbocycles. The van der Waals surface area contributed by atoms with Crippen LogP contribution in [0, 0.1) is 0 Å². The molecule has 4 heterocycles. The Balaban J connectivity index is 0.000000516. The van der Waals surface area contributed by atoms with E-state index in [1.165, 1.54) is 49.6 Å². The predicted molar refractivity (Wildman–Crippen MR) is 170 cm³/mol. The van der Waals surface area contributed by atoms with Crippen LogP contribution in [0.5, 0.6) is 23.5 Å². The minimum atomic E-state index is 0. The Morgan fingerprint density at radius 2 is 0.610 bits per heavy atom. The van der Waals surface area contributed by atoms with Crippen LogP contribution in [0.2, 0.25) is 0 Å². The van der Waals surface area contributed by atoms with Crippen LogP contribution in [0.15, 0.2) is 74.4 Å². The van der Waals surface area contributed by atoms with Gasteiger partial charge in [0.25, 0.3) is 0 Å². The molecule has 210 valence electrons. The number of aromatic nitrogens is 8. The molecule has 0 bridgehead atoms. The molecule has 0 amide bonds. The molecule has 0 aromatic carbocycles. The summed E-state index contributed by atoms with van der Waals surface area (Å²) in [6, 6.07) is 0. The van der Waals surface area contributed by atoms with Crippen molar-refractivity contribution >= 4 is 117 Å². The Bertz CT molecular complexity index is 1120. The largest absolute Gasteiger partial charge is 4.00 e. The van der Waals surface area contributed by atoms with Gasteiger partial charge in [0.15, 0.2) is 0 Å². The zero-order chi connectivity index (χ0) is 29.6. The first kappa shape index (κ1) is 38.4. The summed E-state index contributed by atoms with van der Waals surface area (Å²) in [5.74, 6) is 1.34. The second-order valence-electron chi connectivity index (χ2n) is 5.58. The van der Waals surface area contributed by atoms with Gasteiger partial charge in [0.05, 0.1) is 24.8 Å². The van der Waals surface area contributed by atoms with Crippen LogP contribution in [-0.2, 0) is 71.6 Å². The Morgan fingerprint density at radius 1 is 0.415 bits per heavy atom. The quantitative estimate of drug-likeness (QED) is 0.170. The van der Waals surface area contributed by atoms with Crippen LogP contribution in [0.3, 0.4) is 0 Å². The number of nitrogens with zero attached hydrogens (tertiary/aromatic N) is 8. The van der Waals surface area contributed by atoms with Gasteiger partial charge in [-0.2, -0.15) is 0 Å². The van der Waals surface area contributed by atoms with Crippen LogP contribution in [0.25, 0.3) is 0 Å². The van der Waals surface area contributed by atoms with Crippen molar-refractivity contribution in [2.75, 3.05) is 0 Å². The molecule has 12 nitrogen and oxygen atoms in total. The fraction of sp³-hybridized carbons (Fsp3) is 0. The van der Waals surface area contributed by atoms with E-state index in [2.05, 4.69) is 139 Å². The molecule has 0 fully saturated rings. The number of thiocarbonyl (C=S) groups is 4. The summed E-state index contributed by atoms with van der Waals surface area (Å²) in [4.78, 5) is 30.1. The summed E-state index contributed by atoms with van der Waals surface area (Å²) in [7, 11) is 0. The maximum Gasteiger partial charge on any atom is 4.00 e. The summed E-state index contributed by atoms with van der Waals surface area (Å²) in [5, 5.41) is 0. The molecule has 0 radical (unpaired) electrons. The van der Waals surface area contributed by atoms with Crippen LogP contribution in [0.4, 0.5) is 0 Å². The number of hydrogen-bond donors (Lipinski definition) is 0. The third-order valence-corrected chi connectivity index (χ3v) is 3.58. The van der Waals surface area contributed by atoms with E-state index in [0.29, 0.717) is 23.5 Å². The normalized spacial score (nSPS) is 8.59. The number of rotatable bonds is 4. The van der Waals surface area contributed by atoms with E-state index in [9.17, 15) is 0 Å². The second kappa shape index (κ2) is 24.1. The molecule has 0 saturated heterocycles. The van der Waals surface area contributed by atoms with Crippen molar-refractivity contribution in [3.8, 4) is 23.5 Å². The van der Waals surface area contributed by atoms with E-state index in [-0.39, 0.29) is 38.6 Å². The molecular weight excluding hydrogens is 769 g/mol. The molecule has 21 heteroatoms. The summed E-state index contributed by atoms with van der Waals surface area (Å²) in [6.45, 7) is 0. The second-order valence-corrected chi connectivity index (χ2v) is 9.58. The van der Waals surface area contributed by atoms with Crippen molar-refractivity contribution in [2.24, 2.45) is 0 Å². The minimum Gasteiger partial charge on any atom is -0.458 e. The average Bonchev–Trinajstić information content (AvgIpc) is 2.91. The SMILES string of the molecule is S=C([S-])Oc1cnccn1.S=C([S-])Oc1cnccn1.S=C([S-])Oc1cnccn1.S=C([S-])Oc1cnccn1.[Mo+4]. The van der Waals surface area contributed by atoms with Gasteiger partial charge in [0, 0.05) is 67.1 Å². The molecule has 0 aliphatic heterocycles. The molecule has 4 aromatic rings. The average molecular weight is 781 g/mol. The van der Waals surface area contributed by atoms with Crippen molar-refractivity contribution in [3.05, 3.63) is 74.4 Å². The van der Waals surface area contributed by atoms with Crippen LogP contribution in [-0.4, -0.2) is 57.4 Å². The van der Waals surface area contributed by atoms with Gasteiger partial charge >= 0.3 is 21.1 Å². The standard InChI is InChI=1S/4C5H4N2OS2.Mo/c4*9-5(10)8-4-3-6-1-2-7-4;/h4*1-3H,(H,9,10);/q;;;;+4/p-4. The molecule has 0 N–H and O–H groups in total. The Morgan fingerprint density at radius 3 is 0.732 bits per heavy atom. The molecule has 0 atom stereocenters. The fourth-order valence-electron chi connectivity index (χ4n) is 1.69. The first-order valence-corrected chi connectivity index (χ1v) is 13.0. The molecular formula is C20H12MoN8O4S8. The van der Waals surface area contributed by atoms with Gasteiger partial charge < -0.3 is 118 Å². The van der Waals surface area contributed by atoms with Gasteiger partial charge in [-0.1, -0.05) is 0 Å². The van der Waals surface area contributed by atoms with Crippen LogP contribution < -0.4 is 18.9 Å². The van der Waals surface area contributed by atoms with E-state index >= 15 is 0 Å². The maximum absolute atomic E-state index is 4.79. The van der Waals surface area contributed by atoms with E-state index < -0.39 is 0 Å². The van der Waals surface area contributed by atoms with E-state index in [0.717, 1.165) is 0 Å². The van der Waals surface area contributed by atoms with Gasteiger partial charge in [-0.15, -0.1) is 0 Å². The predicted octanol–water partition coefficient (Wildman–Crippen LogP) is 2.75. The molecule has 41 heavy (non-hydrogen) atoms. The molecule has 0 unspecified atom stereocenters. The van der Waals surface area contributed by atoms with Crippen molar-refractivity contribution in [2.45, 2.75) is 0 Å². The Kier molecular flexibility index (Phi) is 22.6. The minimum absolute atomic E-state index is 0.